The lowest BCUT2D eigenvalue weighted by molar-refractivity contribution is 0.288. The average molecular weight is 223 g/mol. The van der Waals surface area contributed by atoms with Crippen LogP contribution in [0, 0.1) is 0 Å². The highest BCUT2D eigenvalue weighted by Crippen LogP contribution is 2.03. The monoisotopic (exact) mass is 223 g/mol. The lowest BCUT2D eigenvalue weighted by Crippen LogP contribution is -2.33. The van der Waals surface area contributed by atoms with Crippen molar-refractivity contribution >= 4 is 0 Å². The first-order chi connectivity index (χ1) is 7.84. The summed E-state index contributed by atoms with van der Waals surface area (Å²) in [6, 6.07) is 1.92. The maximum atomic E-state index is 4.78. The predicted molar refractivity (Wildman–Crippen MR) is 64.9 cm³/mol. The van der Waals surface area contributed by atoms with Crippen molar-refractivity contribution in [1.29, 1.82) is 0 Å². The minimum Gasteiger partial charge on any atom is -0.377 e. The van der Waals surface area contributed by atoms with Gasteiger partial charge in [-0.15, -0.1) is 0 Å². The SMILES string of the molecule is CC.CN1C=CN(CCc2ccon2)CC1. The molecule has 0 aromatic carbocycles. The van der Waals surface area contributed by atoms with Crippen molar-refractivity contribution < 1.29 is 4.52 Å². The normalized spacial score (nSPS) is 14.7. The van der Waals surface area contributed by atoms with Gasteiger partial charge in [0, 0.05) is 51.6 Å². The molecule has 0 saturated carbocycles. The zero-order chi connectivity index (χ0) is 11.8. The van der Waals surface area contributed by atoms with E-state index >= 15 is 0 Å². The van der Waals surface area contributed by atoms with Crippen LogP contribution < -0.4 is 0 Å². The van der Waals surface area contributed by atoms with Gasteiger partial charge in [-0.05, 0) is 0 Å². The molecule has 2 rings (SSSR count). The highest BCUT2D eigenvalue weighted by atomic mass is 16.5. The van der Waals surface area contributed by atoms with Crippen molar-refractivity contribution in [3.63, 3.8) is 0 Å². The van der Waals surface area contributed by atoms with E-state index in [0.717, 1.165) is 31.7 Å². The Morgan fingerprint density at radius 2 is 2.12 bits per heavy atom. The molecule has 4 heteroatoms. The Kier molecular flexibility index (Phi) is 5.46. The second-order valence-electron chi connectivity index (χ2n) is 3.56. The van der Waals surface area contributed by atoms with Crippen molar-refractivity contribution in [2.45, 2.75) is 20.3 Å². The molecule has 90 valence electrons. The molecule has 0 aliphatic carbocycles. The van der Waals surface area contributed by atoms with Crippen LogP contribution in [-0.2, 0) is 6.42 Å². The van der Waals surface area contributed by atoms with E-state index in [1.165, 1.54) is 0 Å². The van der Waals surface area contributed by atoms with Gasteiger partial charge in [0.25, 0.3) is 0 Å². The first-order valence-electron chi connectivity index (χ1n) is 5.86. The number of aromatic nitrogens is 1. The zero-order valence-electron chi connectivity index (χ0n) is 10.4. The van der Waals surface area contributed by atoms with E-state index in [4.69, 9.17) is 4.52 Å². The van der Waals surface area contributed by atoms with Crippen LogP contribution in [0.1, 0.15) is 19.5 Å². The van der Waals surface area contributed by atoms with E-state index in [2.05, 4.69) is 34.4 Å². The molecule has 1 aromatic heterocycles. The summed E-state index contributed by atoms with van der Waals surface area (Å²) in [4.78, 5) is 4.49. The Morgan fingerprint density at radius 1 is 1.31 bits per heavy atom. The van der Waals surface area contributed by atoms with E-state index in [-0.39, 0.29) is 0 Å². The second-order valence-corrected chi connectivity index (χ2v) is 3.56. The summed E-state index contributed by atoms with van der Waals surface area (Å²) in [7, 11) is 2.09. The number of hydrogen-bond donors (Lipinski definition) is 0. The van der Waals surface area contributed by atoms with Gasteiger partial charge in [0.05, 0.1) is 5.69 Å². The molecule has 0 spiro atoms. The molecule has 0 N–H and O–H groups in total. The Morgan fingerprint density at radius 3 is 2.69 bits per heavy atom. The summed E-state index contributed by atoms with van der Waals surface area (Å²) < 4.78 is 4.78. The van der Waals surface area contributed by atoms with Crippen molar-refractivity contribution in [2.75, 3.05) is 26.7 Å². The number of likely N-dealkylation sites (N-methyl/N-ethyl adjacent to an activating group) is 1. The Bertz CT molecular complexity index is 295. The molecular weight excluding hydrogens is 202 g/mol. The third-order valence-corrected chi connectivity index (χ3v) is 2.42. The predicted octanol–water partition coefficient (Wildman–Crippen LogP) is 1.96. The second kappa shape index (κ2) is 6.93. The van der Waals surface area contributed by atoms with Gasteiger partial charge in [-0.25, -0.2) is 0 Å². The molecule has 0 radical (unpaired) electrons. The van der Waals surface area contributed by atoms with Gasteiger partial charge >= 0.3 is 0 Å². The summed E-state index contributed by atoms with van der Waals surface area (Å²) in [5.41, 5.74) is 1.03. The van der Waals surface area contributed by atoms with Crippen molar-refractivity contribution in [1.82, 2.24) is 15.0 Å². The highest BCUT2D eigenvalue weighted by molar-refractivity contribution is 4.97. The summed E-state index contributed by atoms with van der Waals surface area (Å²) >= 11 is 0. The molecular formula is C12H21N3O. The van der Waals surface area contributed by atoms with Crippen molar-refractivity contribution in [3.05, 3.63) is 30.4 Å². The molecule has 0 unspecified atom stereocenters. The topological polar surface area (TPSA) is 32.5 Å². The van der Waals surface area contributed by atoms with Crippen molar-refractivity contribution in [3.8, 4) is 0 Å². The lowest BCUT2D eigenvalue weighted by atomic mass is 10.3. The molecule has 0 amide bonds. The van der Waals surface area contributed by atoms with Gasteiger partial charge in [0.1, 0.15) is 6.26 Å². The van der Waals surface area contributed by atoms with E-state index in [9.17, 15) is 0 Å². The number of nitrogens with zero attached hydrogens (tertiary/aromatic N) is 3. The number of rotatable bonds is 3. The summed E-state index contributed by atoms with van der Waals surface area (Å²) in [5, 5.41) is 3.88. The number of hydrogen-bond acceptors (Lipinski definition) is 4. The molecule has 0 saturated heterocycles. The molecule has 16 heavy (non-hydrogen) atoms. The van der Waals surface area contributed by atoms with E-state index in [0.29, 0.717) is 0 Å². The minimum absolute atomic E-state index is 0.949. The van der Waals surface area contributed by atoms with Gasteiger partial charge in [0.2, 0.25) is 0 Å². The summed E-state index contributed by atoms with van der Waals surface area (Å²) in [5.74, 6) is 0. The fourth-order valence-corrected chi connectivity index (χ4v) is 1.45. The molecule has 1 aliphatic rings. The van der Waals surface area contributed by atoms with Crippen LogP contribution in [0.3, 0.4) is 0 Å². The van der Waals surface area contributed by atoms with Crippen LogP contribution in [-0.4, -0.2) is 41.6 Å². The standard InChI is InChI=1S/C10H15N3O.C2H6/c1-12-5-7-13(8-6-12)4-2-10-3-9-14-11-10;1-2/h3,5,7,9H,2,4,6,8H2,1H3;1-2H3. The minimum atomic E-state index is 0.949. The summed E-state index contributed by atoms with van der Waals surface area (Å²) in [6.07, 6.45) is 6.80. The third-order valence-electron chi connectivity index (χ3n) is 2.42. The summed E-state index contributed by atoms with van der Waals surface area (Å²) in [6.45, 7) is 7.19. The van der Waals surface area contributed by atoms with Gasteiger partial charge < -0.3 is 14.3 Å². The average Bonchev–Trinajstić information content (AvgIpc) is 2.84. The molecule has 2 heterocycles. The van der Waals surface area contributed by atoms with Crippen LogP contribution in [0.5, 0.6) is 0 Å². The Labute approximate surface area is 97.5 Å². The maximum absolute atomic E-state index is 4.78. The van der Waals surface area contributed by atoms with Crippen LogP contribution in [0.4, 0.5) is 0 Å². The van der Waals surface area contributed by atoms with Crippen molar-refractivity contribution in [2.24, 2.45) is 0 Å². The maximum Gasteiger partial charge on any atom is 0.124 e. The van der Waals surface area contributed by atoms with Crippen LogP contribution in [0.15, 0.2) is 29.3 Å². The van der Waals surface area contributed by atoms with E-state index in [1.807, 2.05) is 19.9 Å². The van der Waals surface area contributed by atoms with Gasteiger partial charge in [-0.3, -0.25) is 0 Å². The molecule has 0 fully saturated rings. The highest BCUT2D eigenvalue weighted by Gasteiger charge is 2.06. The van der Waals surface area contributed by atoms with E-state index < -0.39 is 0 Å². The molecule has 1 aliphatic heterocycles. The Balaban J connectivity index is 0.000000606. The quantitative estimate of drug-likeness (QED) is 0.784. The Hall–Kier alpha value is -1.45. The van der Waals surface area contributed by atoms with E-state index in [1.54, 1.807) is 6.26 Å². The van der Waals surface area contributed by atoms with Crippen LogP contribution >= 0.6 is 0 Å². The van der Waals surface area contributed by atoms with Gasteiger partial charge in [-0.2, -0.15) is 0 Å². The van der Waals surface area contributed by atoms with Gasteiger partial charge in [-0.1, -0.05) is 19.0 Å². The fraction of sp³-hybridized carbons (Fsp3) is 0.583. The molecule has 0 bridgehead atoms. The zero-order valence-corrected chi connectivity index (χ0v) is 10.4. The molecule has 4 nitrogen and oxygen atoms in total. The first-order valence-corrected chi connectivity index (χ1v) is 5.86. The largest absolute Gasteiger partial charge is 0.377 e. The van der Waals surface area contributed by atoms with Gasteiger partial charge in [0.15, 0.2) is 0 Å². The molecule has 1 aromatic rings. The fourth-order valence-electron chi connectivity index (χ4n) is 1.45. The molecule has 0 atom stereocenters. The first kappa shape index (κ1) is 12.6. The van der Waals surface area contributed by atoms with Crippen LogP contribution in [0.2, 0.25) is 0 Å². The third kappa shape index (κ3) is 3.96. The lowest BCUT2D eigenvalue weighted by Gasteiger charge is -2.28. The smallest absolute Gasteiger partial charge is 0.124 e. The van der Waals surface area contributed by atoms with Crippen LogP contribution in [0.25, 0.3) is 0 Å².